The average molecular weight is 577 g/mol. The molecule has 1 saturated heterocycles. The van der Waals surface area contributed by atoms with Crippen LogP contribution >= 0.6 is 23.2 Å². The molecule has 0 amide bonds. The van der Waals surface area contributed by atoms with Crippen molar-refractivity contribution in [2.45, 2.75) is 13.5 Å². The Hall–Kier alpha value is -3.54. The first kappa shape index (κ1) is 28.0. The summed E-state index contributed by atoms with van der Waals surface area (Å²) in [6.45, 7) is 8.71. The van der Waals surface area contributed by atoms with Gasteiger partial charge in [0.25, 0.3) is 0 Å². The van der Waals surface area contributed by atoms with Crippen molar-refractivity contribution in [3.63, 3.8) is 0 Å². The van der Waals surface area contributed by atoms with Crippen molar-refractivity contribution in [3.05, 3.63) is 75.9 Å². The monoisotopic (exact) mass is 575 g/mol. The molecule has 1 aliphatic rings. The van der Waals surface area contributed by atoms with Gasteiger partial charge in [0.1, 0.15) is 17.3 Å². The predicted octanol–water partition coefficient (Wildman–Crippen LogP) is 6.98. The molecule has 0 atom stereocenters. The Morgan fingerprint density at radius 3 is 2.33 bits per heavy atom. The molecule has 0 radical (unpaired) electrons. The maximum atomic E-state index is 9.85. The van der Waals surface area contributed by atoms with Crippen LogP contribution in [0.15, 0.2) is 54.7 Å². The highest BCUT2D eigenvalue weighted by Crippen LogP contribution is 2.42. The number of hydrogen-bond donors (Lipinski definition) is 1. The van der Waals surface area contributed by atoms with Gasteiger partial charge in [-0.25, -0.2) is 0 Å². The van der Waals surface area contributed by atoms with Gasteiger partial charge in [0.2, 0.25) is 0 Å². The lowest BCUT2D eigenvalue weighted by atomic mass is 9.99. The van der Waals surface area contributed by atoms with E-state index in [1.54, 1.807) is 25.4 Å². The summed E-state index contributed by atoms with van der Waals surface area (Å²) in [4.78, 5) is 9.61. The lowest BCUT2D eigenvalue weighted by Gasteiger charge is -2.34. The maximum absolute atomic E-state index is 9.85. The third-order valence-electron chi connectivity index (χ3n) is 7.40. The number of rotatable bonds is 8. The molecule has 1 N–H and O–H groups in total. The quantitative estimate of drug-likeness (QED) is 0.243. The number of piperazine rings is 1. The first-order valence-corrected chi connectivity index (χ1v) is 13.9. The van der Waals surface area contributed by atoms with E-state index in [4.69, 9.17) is 32.7 Å². The molecule has 40 heavy (non-hydrogen) atoms. The van der Waals surface area contributed by atoms with Gasteiger partial charge in [-0.2, -0.15) is 5.26 Å². The maximum Gasteiger partial charge on any atom is 0.152 e. The Morgan fingerprint density at radius 1 is 0.950 bits per heavy atom. The molecule has 1 aliphatic heterocycles. The van der Waals surface area contributed by atoms with Gasteiger partial charge < -0.3 is 19.7 Å². The Kier molecular flexibility index (Phi) is 8.63. The SMILES string of the molecule is CCN1CCN(Cc2ccc(-c3ccc4c(Nc5cc(OC)c(Cl)cc5Cl)c(C#N)cnc4c3OC)cc2)CC1. The van der Waals surface area contributed by atoms with Gasteiger partial charge in [0.05, 0.1) is 41.2 Å². The number of pyridine rings is 1. The number of likely N-dealkylation sites (N-methyl/N-ethyl adjacent to an activating group) is 1. The van der Waals surface area contributed by atoms with Gasteiger partial charge in [-0.3, -0.25) is 9.88 Å². The van der Waals surface area contributed by atoms with Crippen molar-refractivity contribution in [3.8, 4) is 28.7 Å². The van der Waals surface area contributed by atoms with Gasteiger partial charge in [0.15, 0.2) is 5.75 Å². The molecule has 7 nitrogen and oxygen atoms in total. The Morgan fingerprint density at radius 2 is 1.68 bits per heavy atom. The third kappa shape index (κ3) is 5.67. The zero-order chi connectivity index (χ0) is 28.2. The number of fused-ring (bicyclic) bond motifs is 1. The first-order chi connectivity index (χ1) is 19.4. The summed E-state index contributed by atoms with van der Waals surface area (Å²) < 4.78 is 11.2. The van der Waals surface area contributed by atoms with Gasteiger partial charge in [-0.05, 0) is 35.9 Å². The highest BCUT2D eigenvalue weighted by Gasteiger charge is 2.19. The molecule has 206 valence electrons. The zero-order valence-corrected chi connectivity index (χ0v) is 24.3. The van der Waals surface area contributed by atoms with Crippen molar-refractivity contribution in [1.82, 2.24) is 14.8 Å². The fraction of sp³-hybridized carbons (Fsp3) is 0.290. The molecule has 2 heterocycles. The standard InChI is InChI=1S/C31H31Cl2N5O2/c1-4-37-11-13-38(14-12-37)19-20-5-7-21(8-6-20)23-9-10-24-29(22(17-34)18-35-30(24)31(23)40-3)36-27-16-28(39-2)26(33)15-25(27)32/h5-10,15-16,18H,4,11-14,19H2,1-3H3,(H,35,36). The molecule has 0 bridgehead atoms. The molecule has 0 unspecified atom stereocenters. The van der Waals surface area contributed by atoms with Crippen LogP contribution in [0.2, 0.25) is 10.0 Å². The third-order valence-corrected chi connectivity index (χ3v) is 8.01. The summed E-state index contributed by atoms with van der Waals surface area (Å²) in [7, 11) is 3.17. The molecule has 3 aromatic carbocycles. The topological polar surface area (TPSA) is 73.7 Å². The summed E-state index contributed by atoms with van der Waals surface area (Å²) in [6.07, 6.45) is 1.54. The molecular formula is C31H31Cl2N5O2. The lowest BCUT2D eigenvalue weighted by Crippen LogP contribution is -2.45. The summed E-state index contributed by atoms with van der Waals surface area (Å²) in [5, 5.41) is 14.7. The summed E-state index contributed by atoms with van der Waals surface area (Å²) in [5.74, 6) is 1.10. The normalized spacial score (nSPS) is 14.2. The van der Waals surface area contributed by atoms with Crippen LogP contribution in [0, 0.1) is 11.3 Å². The molecule has 0 saturated carbocycles. The Balaban J connectivity index is 1.47. The molecule has 0 spiro atoms. The van der Waals surface area contributed by atoms with Crippen LogP contribution in [-0.4, -0.2) is 61.7 Å². The van der Waals surface area contributed by atoms with Crippen LogP contribution in [0.4, 0.5) is 11.4 Å². The number of anilines is 2. The van der Waals surface area contributed by atoms with E-state index in [0.29, 0.717) is 44.0 Å². The summed E-state index contributed by atoms with van der Waals surface area (Å²) in [5.41, 5.74) is 5.38. The fourth-order valence-corrected chi connectivity index (χ4v) is 5.63. The van der Waals surface area contributed by atoms with Crippen molar-refractivity contribution >= 4 is 45.5 Å². The highest BCUT2D eigenvalue weighted by molar-refractivity contribution is 6.37. The molecule has 4 aromatic rings. The molecule has 5 rings (SSSR count). The second-order valence-electron chi connectivity index (χ2n) is 9.70. The number of ether oxygens (including phenoxy) is 2. The van der Waals surface area contributed by atoms with E-state index in [1.807, 2.05) is 12.1 Å². The summed E-state index contributed by atoms with van der Waals surface area (Å²) in [6, 6.07) is 18.1. The van der Waals surface area contributed by atoms with Crippen molar-refractivity contribution in [2.75, 3.05) is 52.3 Å². The van der Waals surface area contributed by atoms with Crippen molar-refractivity contribution < 1.29 is 9.47 Å². The van der Waals surface area contributed by atoms with Crippen LogP contribution in [0.1, 0.15) is 18.1 Å². The molecular weight excluding hydrogens is 545 g/mol. The number of benzene rings is 3. The van der Waals surface area contributed by atoms with Crippen LogP contribution in [0.5, 0.6) is 11.5 Å². The number of nitriles is 1. The molecule has 9 heteroatoms. The highest BCUT2D eigenvalue weighted by atomic mass is 35.5. The molecule has 1 fully saturated rings. The second-order valence-corrected chi connectivity index (χ2v) is 10.5. The van der Waals surface area contributed by atoms with Crippen LogP contribution in [-0.2, 0) is 6.54 Å². The van der Waals surface area contributed by atoms with E-state index in [0.717, 1.165) is 55.8 Å². The number of methoxy groups -OCH3 is 2. The van der Waals surface area contributed by atoms with E-state index in [2.05, 4.69) is 57.4 Å². The van der Waals surface area contributed by atoms with Gasteiger partial charge >= 0.3 is 0 Å². The van der Waals surface area contributed by atoms with E-state index in [1.165, 1.54) is 12.7 Å². The van der Waals surface area contributed by atoms with Gasteiger partial charge in [0, 0.05) is 55.9 Å². The van der Waals surface area contributed by atoms with Gasteiger partial charge in [-0.15, -0.1) is 0 Å². The Labute approximate surface area is 244 Å². The zero-order valence-electron chi connectivity index (χ0n) is 22.8. The number of nitrogens with zero attached hydrogens (tertiary/aromatic N) is 4. The molecule has 0 aliphatic carbocycles. The largest absolute Gasteiger partial charge is 0.495 e. The van der Waals surface area contributed by atoms with Crippen LogP contribution in [0.3, 0.4) is 0 Å². The van der Waals surface area contributed by atoms with Crippen LogP contribution < -0.4 is 14.8 Å². The fourth-order valence-electron chi connectivity index (χ4n) is 5.12. The minimum atomic E-state index is 0.372. The Bertz CT molecular complexity index is 1560. The molecule has 1 aromatic heterocycles. The lowest BCUT2D eigenvalue weighted by molar-refractivity contribution is 0.132. The smallest absolute Gasteiger partial charge is 0.152 e. The predicted molar refractivity (Wildman–Crippen MR) is 162 cm³/mol. The minimum absolute atomic E-state index is 0.372. The number of hydrogen-bond acceptors (Lipinski definition) is 7. The van der Waals surface area contributed by atoms with E-state index >= 15 is 0 Å². The van der Waals surface area contributed by atoms with E-state index < -0.39 is 0 Å². The number of nitrogens with one attached hydrogen (secondary N) is 1. The average Bonchev–Trinajstić information content (AvgIpc) is 2.98. The number of aromatic nitrogens is 1. The van der Waals surface area contributed by atoms with Crippen molar-refractivity contribution in [2.24, 2.45) is 0 Å². The van der Waals surface area contributed by atoms with E-state index in [9.17, 15) is 5.26 Å². The van der Waals surface area contributed by atoms with E-state index in [-0.39, 0.29) is 0 Å². The van der Waals surface area contributed by atoms with Crippen LogP contribution in [0.25, 0.3) is 22.0 Å². The number of halogens is 2. The first-order valence-electron chi connectivity index (χ1n) is 13.2. The second kappa shape index (κ2) is 12.3. The summed E-state index contributed by atoms with van der Waals surface area (Å²) >= 11 is 12.7. The minimum Gasteiger partial charge on any atom is -0.495 e. The van der Waals surface area contributed by atoms with Crippen molar-refractivity contribution in [1.29, 1.82) is 5.26 Å². The van der Waals surface area contributed by atoms with Gasteiger partial charge in [-0.1, -0.05) is 54.4 Å².